The third-order valence-electron chi connectivity index (χ3n) is 3.84. The Morgan fingerprint density at radius 1 is 1.18 bits per heavy atom. The summed E-state index contributed by atoms with van der Waals surface area (Å²) in [5.74, 6) is 0.230. The lowest BCUT2D eigenvalue weighted by Gasteiger charge is -2.19. The van der Waals surface area contributed by atoms with E-state index in [2.05, 4.69) is 16.0 Å². The zero-order chi connectivity index (χ0) is 20.6. The van der Waals surface area contributed by atoms with Crippen molar-refractivity contribution < 1.29 is 19.1 Å². The van der Waals surface area contributed by atoms with Crippen LogP contribution in [0.15, 0.2) is 36.4 Å². The van der Waals surface area contributed by atoms with Gasteiger partial charge in [0.05, 0.1) is 0 Å². The summed E-state index contributed by atoms with van der Waals surface area (Å²) in [6, 6.07) is 7.28. The molecule has 1 aliphatic rings. The van der Waals surface area contributed by atoms with Crippen molar-refractivity contribution in [3.8, 4) is 0 Å². The fraction of sp³-hybridized carbons (Fsp3) is 0.476. The molecule has 152 valence electrons. The first kappa shape index (κ1) is 21.5. The summed E-state index contributed by atoms with van der Waals surface area (Å²) >= 11 is 0. The van der Waals surface area contributed by atoms with Crippen LogP contribution in [0.4, 0.5) is 10.5 Å². The summed E-state index contributed by atoms with van der Waals surface area (Å²) < 4.78 is 5.11. The number of carbonyl (C=O) groups is 3. The Balaban J connectivity index is 1.71. The van der Waals surface area contributed by atoms with E-state index >= 15 is 0 Å². The van der Waals surface area contributed by atoms with Crippen LogP contribution in [0.3, 0.4) is 0 Å². The number of rotatable bonds is 8. The van der Waals surface area contributed by atoms with Gasteiger partial charge in [0.1, 0.15) is 5.60 Å². The second-order valence-electron chi connectivity index (χ2n) is 7.84. The molecule has 0 atom stereocenters. The van der Waals surface area contributed by atoms with E-state index in [0.29, 0.717) is 18.2 Å². The number of carbonyl (C=O) groups excluding carboxylic acids is 3. The van der Waals surface area contributed by atoms with Crippen molar-refractivity contribution >= 4 is 23.6 Å². The Kier molecular flexibility index (Phi) is 7.61. The van der Waals surface area contributed by atoms with Crippen molar-refractivity contribution in [2.45, 2.75) is 52.2 Å². The smallest absolute Gasteiger partial charge is 0.407 e. The zero-order valence-corrected chi connectivity index (χ0v) is 16.7. The third-order valence-corrected chi connectivity index (χ3v) is 3.84. The fourth-order valence-electron chi connectivity index (χ4n) is 2.34. The first-order valence-corrected chi connectivity index (χ1v) is 9.53. The Morgan fingerprint density at radius 2 is 1.93 bits per heavy atom. The van der Waals surface area contributed by atoms with E-state index in [1.54, 1.807) is 32.9 Å². The second kappa shape index (κ2) is 9.92. The molecule has 0 aliphatic heterocycles. The third kappa shape index (κ3) is 9.21. The molecule has 1 aromatic carbocycles. The maximum absolute atomic E-state index is 12.0. The van der Waals surface area contributed by atoms with Crippen LogP contribution < -0.4 is 16.0 Å². The average Bonchev–Trinajstić information content (AvgIpc) is 3.41. The summed E-state index contributed by atoms with van der Waals surface area (Å²) in [5, 5.41) is 8.16. The van der Waals surface area contributed by atoms with Crippen molar-refractivity contribution in [2.24, 2.45) is 5.92 Å². The van der Waals surface area contributed by atoms with Crippen LogP contribution in [0, 0.1) is 5.92 Å². The fourth-order valence-corrected chi connectivity index (χ4v) is 2.34. The van der Waals surface area contributed by atoms with Gasteiger partial charge in [-0.15, -0.1) is 0 Å². The van der Waals surface area contributed by atoms with Gasteiger partial charge in [0.25, 0.3) is 0 Å². The van der Waals surface area contributed by atoms with Gasteiger partial charge < -0.3 is 20.7 Å². The Morgan fingerprint density at radius 3 is 2.61 bits per heavy atom. The van der Waals surface area contributed by atoms with E-state index in [1.165, 1.54) is 12.8 Å². The van der Waals surface area contributed by atoms with Crippen molar-refractivity contribution in [1.29, 1.82) is 0 Å². The summed E-state index contributed by atoms with van der Waals surface area (Å²) in [4.78, 5) is 35.3. The van der Waals surface area contributed by atoms with Crippen molar-refractivity contribution in [3.05, 3.63) is 42.0 Å². The number of amides is 3. The molecule has 0 radical (unpaired) electrons. The van der Waals surface area contributed by atoms with E-state index in [1.807, 2.05) is 24.3 Å². The van der Waals surface area contributed by atoms with Gasteiger partial charge in [-0.25, -0.2) is 4.79 Å². The van der Waals surface area contributed by atoms with E-state index in [9.17, 15) is 14.4 Å². The molecule has 7 heteroatoms. The first-order chi connectivity index (χ1) is 13.2. The molecule has 1 aromatic rings. The van der Waals surface area contributed by atoms with Crippen LogP contribution in [0.25, 0.3) is 0 Å². The van der Waals surface area contributed by atoms with Gasteiger partial charge in [0, 0.05) is 25.2 Å². The molecule has 28 heavy (non-hydrogen) atoms. The number of nitrogens with one attached hydrogen (secondary N) is 3. The number of benzene rings is 1. The van der Waals surface area contributed by atoms with Crippen molar-refractivity contribution in [2.75, 3.05) is 11.9 Å². The van der Waals surface area contributed by atoms with Crippen molar-refractivity contribution in [3.63, 3.8) is 0 Å². The van der Waals surface area contributed by atoms with Crippen molar-refractivity contribution in [1.82, 2.24) is 10.6 Å². The first-order valence-electron chi connectivity index (χ1n) is 9.53. The predicted molar refractivity (Wildman–Crippen MR) is 108 cm³/mol. The molecule has 0 heterocycles. The lowest BCUT2D eigenvalue weighted by atomic mass is 10.2. The molecule has 0 bridgehead atoms. The van der Waals surface area contributed by atoms with Crippen LogP contribution in [0.5, 0.6) is 0 Å². The topological polar surface area (TPSA) is 96.5 Å². The molecule has 3 amide bonds. The number of anilines is 1. The Labute approximate surface area is 165 Å². The number of alkyl carbamates (subject to hydrolysis) is 1. The minimum absolute atomic E-state index is 0.116. The van der Waals surface area contributed by atoms with Crippen LogP contribution >= 0.6 is 0 Å². The number of hydrogen-bond acceptors (Lipinski definition) is 4. The van der Waals surface area contributed by atoms with Crippen LogP contribution in [0.1, 0.15) is 45.6 Å². The van der Waals surface area contributed by atoms with Crippen LogP contribution in [-0.2, 0) is 20.9 Å². The molecule has 1 fully saturated rings. The minimum atomic E-state index is -0.574. The highest BCUT2D eigenvalue weighted by atomic mass is 16.6. The molecule has 1 saturated carbocycles. The summed E-state index contributed by atoms with van der Waals surface area (Å²) in [7, 11) is 0. The summed E-state index contributed by atoms with van der Waals surface area (Å²) in [6.07, 6.45) is 5.44. The highest BCUT2D eigenvalue weighted by Gasteiger charge is 2.17. The standard InChI is InChI=1S/C21H29N3O4/c1-21(2,3)28-20(27)22-12-11-19(26)24-17-6-4-5-16(13-17)14-23-18(25)10-9-15-7-8-15/h4-6,9-10,13,15H,7-8,11-12,14H2,1-3H3,(H,22,27)(H,23,25)(H,24,26)/b10-9+. The van der Waals surface area contributed by atoms with Gasteiger partial charge >= 0.3 is 6.09 Å². The lowest BCUT2D eigenvalue weighted by Crippen LogP contribution is -2.34. The van der Waals surface area contributed by atoms with E-state index in [-0.39, 0.29) is 24.8 Å². The highest BCUT2D eigenvalue weighted by molar-refractivity contribution is 5.91. The minimum Gasteiger partial charge on any atom is -0.444 e. The zero-order valence-electron chi connectivity index (χ0n) is 16.7. The van der Waals surface area contributed by atoms with E-state index in [4.69, 9.17) is 4.74 Å². The Bertz CT molecular complexity index is 733. The van der Waals surface area contributed by atoms with Crippen LogP contribution in [-0.4, -0.2) is 30.1 Å². The predicted octanol–water partition coefficient (Wildman–Crippen LogP) is 3.12. The lowest BCUT2D eigenvalue weighted by molar-refractivity contribution is -0.117. The molecule has 2 rings (SSSR count). The van der Waals surface area contributed by atoms with Gasteiger partial charge in [0.15, 0.2) is 0 Å². The molecule has 0 saturated heterocycles. The molecule has 0 aromatic heterocycles. The molecular formula is C21H29N3O4. The number of allylic oxidation sites excluding steroid dienone is 1. The van der Waals surface area contributed by atoms with Gasteiger partial charge in [-0.1, -0.05) is 18.2 Å². The molecular weight excluding hydrogens is 358 g/mol. The maximum Gasteiger partial charge on any atom is 0.407 e. The molecule has 0 unspecified atom stereocenters. The summed E-state index contributed by atoms with van der Waals surface area (Å²) in [5.41, 5.74) is 0.955. The SMILES string of the molecule is CC(C)(C)OC(=O)NCCC(=O)Nc1cccc(CNC(=O)/C=C/C2CC2)c1. The molecule has 0 spiro atoms. The van der Waals surface area contributed by atoms with Crippen LogP contribution in [0.2, 0.25) is 0 Å². The van der Waals surface area contributed by atoms with E-state index < -0.39 is 11.7 Å². The summed E-state index contributed by atoms with van der Waals surface area (Å²) in [6.45, 7) is 5.90. The quantitative estimate of drug-likeness (QED) is 0.597. The van der Waals surface area contributed by atoms with Gasteiger partial charge in [0.2, 0.25) is 11.8 Å². The maximum atomic E-state index is 12.0. The number of hydrogen-bond donors (Lipinski definition) is 3. The second-order valence-corrected chi connectivity index (χ2v) is 7.84. The van der Waals surface area contributed by atoms with Gasteiger partial charge in [-0.05, 0) is 63.3 Å². The van der Waals surface area contributed by atoms with Gasteiger partial charge in [-0.2, -0.15) is 0 Å². The molecule has 7 nitrogen and oxygen atoms in total. The normalized spacial score (nSPS) is 13.8. The van der Waals surface area contributed by atoms with E-state index in [0.717, 1.165) is 5.56 Å². The Hall–Kier alpha value is -2.83. The highest BCUT2D eigenvalue weighted by Crippen LogP contribution is 2.29. The largest absolute Gasteiger partial charge is 0.444 e. The monoisotopic (exact) mass is 387 g/mol. The van der Waals surface area contributed by atoms with Gasteiger partial charge in [-0.3, -0.25) is 9.59 Å². The average molecular weight is 387 g/mol. The molecule has 1 aliphatic carbocycles. The number of ether oxygens (including phenoxy) is 1. The molecule has 3 N–H and O–H groups in total.